The van der Waals surface area contributed by atoms with E-state index in [1.165, 1.54) is 13.3 Å². The van der Waals surface area contributed by atoms with Gasteiger partial charge in [0.15, 0.2) is 0 Å². The molecule has 0 aromatic heterocycles. The van der Waals surface area contributed by atoms with Gasteiger partial charge in [0.2, 0.25) is 0 Å². The van der Waals surface area contributed by atoms with Gasteiger partial charge in [-0.05, 0) is 60.2 Å². The van der Waals surface area contributed by atoms with Crippen molar-refractivity contribution < 1.29 is 23.8 Å². The van der Waals surface area contributed by atoms with Gasteiger partial charge < -0.3 is 14.2 Å². The standard InChI is InChI=1S/C28H24N2O5/c1-3-34-21-15-12-20(13-16-21)28(32)35-26-17-14-19-8-4-5-9-22(19)24(26)18-29-30-27(31)23-10-6-7-11-25(23)33-2/h4-18H,3H2,1-2H3,(H,30,31)/b29-18-. The van der Waals surface area contributed by atoms with Gasteiger partial charge in [-0.2, -0.15) is 5.10 Å². The van der Waals surface area contributed by atoms with Crippen molar-refractivity contribution in [2.45, 2.75) is 6.92 Å². The van der Waals surface area contributed by atoms with E-state index >= 15 is 0 Å². The molecule has 35 heavy (non-hydrogen) atoms. The lowest BCUT2D eigenvalue weighted by Crippen LogP contribution is -2.18. The molecule has 7 nitrogen and oxygen atoms in total. The lowest BCUT2D eigenvalue weighted by Gasteiger charge is -2.11. The maximum absolute atomic E-state index is 12.8. The summed E-state index contributed by atoms with van der Waals surface area (Å²) in [6, 6.07) is 24.8. The number of hydrogen-bond donors (Lipinski definition) is 1. The first-order valence-electron chi connectivity index (χ1n) is 11.0. The summed E-state index contributed by atoms with van der Waals surface area (Å²) in [5, 5.41) is 5.88. The highest BCUT2D eigenvalue weighted by Crippen LogP contribution is 2.28. The van der Waals surface area contributed by atoms with Gasteiger partial charge in [-0.3, -0.25) is 4.79 Å². The Hall–Kier alpha value is -4.65. The topological polar surface area (TPSA) is 86.2 Å². The fourth-order valence-electron chi connectivity index (χ4n) is 3.56. The predicted octanol–water partition coefficient (Wildman–Crippen LogP) is 5.23. The van der Waals surface area contributed by atoms with E-state index in [0.29, 0.717) is 40.5 Å². The van der Waals surface area contributed by atoms with E-state index in [9.17, 15) is 9.59 Å². The summed E-state index contributed by atoms with van der Waals surface area (Å²) in [6.45, 7) is 2.43. The number of ether oxygens (including phenoxy) is 3. The van der Waals surface area contributed by atoms with Crippen LogP contribution in [0.4, 0.5) is 0 Å². The molecule has 0 saturated carbocycles. The zero-order valence-electron chi connectivity index (χ0n) is 19.4. The van der Waals surface area contributed by atoms with Crippen LogP contribution in [0, 0.1) is 0 Å². The summed E-state index contributed by atoms with van der Waals surface area (Å²) in [7, 11) is 1.50. The van der Waals surface area contributed by atoms with E-state index in [1.807, 2.05) is 37.3 Å². The summed E-state index contributed by atoms with van der Waals surface area (Å²) in [5.41, 5.74) is 3.81. The number of para-hydroxylation sites is 1. The van der Waals surface area contributed by atoms with Crippen LogP contribution >= 0.6 is 0 Å². The summed E-state index contributed by atoms with van der Waals surface area (Å²) in [4.78, 5) is 25.4. The van der Waals surface area contributed by atoms with E-state index in [1.54, 1.807) is 54.6 Å². The molecule has 176 valence electrons. The van der Waals surface area contributed by atoms with Gasteiger partial charge in [0, 0.05) is 5.56 Å². The summed E-state index contributed by atoms with van der Waals surface area (Å²) in [6.07, 6.45) is 1.47. The van der Waals surface area contributed by atoms with E-state index in [2.05, 4.69) is 10.5 Å². The van der Waals surface area contributed by atoms with Crippen LogP contribution in [-0.2, 0) is 0 Å². The first-order chi connectivity index (χ1) is 17.1. The van der Waals surface area contributed by atoms with E-state index < -0.39 is 11.9 Å². The number of fused-ring (bicyclic) bond motifs is 1. The summed E-state index contributed by atoms with van der Waals surface area (Å²) < 4.78 is 16.4. The SMILES string of the molecule is CCOc1ccc(C(=O)Oc2ccc3ccccc3c2/C=N\NC(=O)c2ccccc2OC)cc1. The zero-order chi connectivity index (χ0) is 24.6. The fourth-order valence-corrected chi connectivity index (χ4v) is 3.56. The molecule has 0 fully saturated rings. The average Bonchev–Trinajstić information content (AvgIpc) is 2.90. The van der Waals surface area contributed by atoms with Crippen molar-refractivity contribution in [2.75, 3.05) is 13.7 Å². The second kappa shape index (κ2) is 11.0. The number of amides is 1. The molecule has 4 rings (SSSR count). The van der Waals surface area contributed by atoms with Gasteiger partial charge in [0.1, 0.15) is 17.2 Å². The van der Waals surface area contributed by atoms with Gasteiger partial charge in [-0.15, -0.1) is 0 Å². The Morgan fingerprint density at radius 3 is 2.40 bits per heavy atom. The van der Waals surface area contributed by atoms with Crippen molar-refractivity contribution in [3.63, 3.8) is 0 Å². The Morgan fingerprint density at radius 1 is 0.886 bits per heavy atom. The number of methoxy groups -OCH3 is 1. The van der Waals surface area contributed by atoms with Crippen LogP contribution in [0.3, 0.4) is 0 Å². The quantitative estimate of drug-likeness (QED) is 0.166. The Bertz CT molecular complexity index is 1380. The minimum atomic E-state index is -0.518. The highest BCUT2D eigenvalue weighted by molar-refractivity contribution is 6.04. The third-order valence-electron chi connectivity index (χ3n) is 5.25. The number of carbonyl (C=O) groups is 2. The lowest BCUT2D eigenvalue weighted by atomic mass is 10.0. The van der Waals surface area contributed by atoms with Gasteiger partial charge in [-0.1, -0.05) is 42.5 Å². The molecule has 0 spiro atoms. The van der Waals surface area contributed by atoms with Crippen LogP contribution in [0.15, 0.2) is 90.0 Å². The van der Waals surface area contributed by atoms with Crippen molar-refractivity contribution in [1.82, 2.24) is 5.43 Å². The molecule has 0 aliphatic carbocycles. The molecule has 4 aromatic rings. The number of hydrogen-bond acceptors (Lipinski definition) is 6. The molecule has 0 unspecified atom stereocenters. The predicted molar refractivity (Wildman–Crippen MR) is 135 cm³/mol. The van der Waals surface area contributed by atoms with Crippen molar-refractivity contribution in [3.05, 3.63) is 102 Å². The average molecular weight is 469 g/mol. The molecule has 0 atom stereocenters. The van der Waals surface area contributed by atoms with Gasteiger partial charge in [-0.25, -0.2) is 10.2 Å². The Balaban J connectivity index is 1.60. The minimum absolute atomic E-state index is 0.317. The van der Waals surface area contributed by atoms with Gasteiger partial charge in [0.05, 0.1) is 31.1 Å². The van der Waals surface area contributed by atoms with Crippen molar-refractivity contribution >= 4 is 28.9 Å². The maximum atomic E-state index is 12.8. The third kappa shape index (κ3) is 5.47. The van der Waals surface area contributed by atoms with Crippen LogP contribution in [0.2, 0.25) is 0 Å². The van der Waals surface area contributed by atoms with Crippen LogP contribution in [-0.4, -0.2) is 31.8 Å². The largest absolute Gasteiger partial charge is 0.496 e. The van der Waals surface area contributed by atoms with Gasteiger partial charge in [0.25, 0.3) is 5.91 Å². The van der Waals surface area contributed by atoms with Crippen LogP contribution in [0.1, 0.15) is 33.2 Å². The molecule has 1 N–H and O–H groups in total. The normalized spacial score (nSPS) is 10.8. The van der Waals surface area contributed by atoms with E-state index in [4.69, 9.17) is 14.2 Å². The summed E-state index contributed by atoms with van der Waals surface area (Å²) in [5.74, 6) is 0.490. The third-order valence-corrected chi connectivity index (χ3v) is 5.25. The number of hydrazone groups is 1. The second-order valence-electron chi connectivity index (χ2n) is 7.44. The van der Waals surface area contributed by atoms with Crippen LogP contribution < -0.4 is 19.6 Å². The number of nitrogens with zero attached hydrogens (tertiary/aromatic N) is 1. The smallest absolute Gasteiger partial charge is 0.343 e. The van der Waals surface area contributed by atoms with Crippen LogP contribution in [0.5, 0.6) is 17.2 Å². The molecular weight excluding hydrogens is 444 g/mol. The van der Waals surface area contributed by atoms with Crippen molar-refractivity contribution in [2.24, 2.45) is 5.10 Å². The first-order valence-corrected chi connectivity index (χ1v) is 11.0. The molecular formula is C28H24N2O5. The van der Waals surface area contributed by atoms with E-state index in [-0.39, 0.29) is 0 Å². The zero-order valence-corrected chi connectivity index (χ0v) is 19.4. The molecule has 0 aliphatic rings. The second-order valence-corrected chi connectivity index (χ2v) is 7.44. The minimum Gasteiger partial charge on any atom is -0.496 e. The van der Waals surface area contributed by atoms with Crippen molar-refractivity contribution in [3.8, 4) is 17.2 Å². The van der Waals surface area contributed by atoms with Gasteiger partial charge >= 0.3 is 5.97 Å². The summed E-state index contributed by atoms with van der Waals surface area (Å²) >= 11 is 0. The Labute approximate surface area is 202 Å². The monoisotopic (exact) mass is 468 g/mol. The molecule has 1 amide bonds. The Kier molecular flexibility index (Phi) is 7.37. The molecule has 0 radical (unpaired) electrons. The maximum Gasteiger partial charge on any atom is 0.343 e. The lowest BCUT2D eigenvalue weighted by molar-refractivity contribution is 0.0734. The molecule has 0 heterocycles. The first kappa shape index (κ1) is 23.5. The molecule has 0 aliphatic heterocycles. The van der Waals surface area contributed by atoms with Crippen LogP contribution in [0.25, 0.3) is 10.8 Å². The highest BCUT2D eigenvalue weighted by Gasteiger charge is 2.15. The molecule has 4 aromatic carbocycles. The highest BCUT2D eigenvalue weighted by atomic mass is 16.5. The number of nitrogens with one attached hydrogen (secondary N) is 1. The molecule has 7 heteroatoms. The fraction of sp³-hybridized carbons (Fsp3) is 0.107. The molecule has 0 saturated heterocycles. The number of esters is 1. The molecule has 0 bridgehead atoms. The van der Waals surface area contributed by atoms with Crippen molar-refractivity contribution in [1.29, 1.82) is 0 Å². The number of rotatable bonds is 8. The Morgan fingerprint density at radius 2 is 1.63 bits per heavy atom. The number of carbonyl (C=O) groups excluding carboxylic acids is 2. The number of benzene rings is 4. The van der Waals surface area contributed by atoms with E-state index in [0.717, 1.165) is 10.8 Å².